The van der Waals surface area contributed by atoms with Crippen LogP contribution < -0.4 is 15.5 Å². The van der Waals surface area contributed by atoms with Crippen molar-refractivity contribution < 1.29 is 33.2 Å². The predicted octanol–water partition coefficient (Wildman–Crippen LogP) is 4.78. The molecule has 0 bridgehead atoms. The van der Waals surface area contributed by atoms with Crippen LogP contribution >= 0.6 is 0 Å². The number of oxazole rings is 1. The molecule has 0 aliphatic carbocycles. The van der Waals surface area contributed by atoms with Gasteiger partial charge in [0.15, 0.2) is 12.2 Å². The van der Waals surface area contributed by atoms with E-state index in [0.717, 1.165) is 0 Å². The number of aromatic nitrogens is 1. The van der Waals surface area contributed by atoms with Gasteiger partial charge in [0.1, 0.15) is 11.8 Å². The number of benzene rings is 1. The van der Waals surface area contributed by atoms with Crippen LogP contribution in [-0.2, 0) is 14.1 Å². The van der Waals surface area contributed by atoms with Gasteiger partial charge in [0, 0.05) is 22.8 Å². The third kappa shape index (κ3) is 5.99. The van der Waals surface area contributed by atoms with Gasteiger partial charge in [0.25, 0.3) is 0 Å². The molecule has 0 saturated carbocycles. The smallest absolute Gasteiger partial charge is 0.496 e. The van der Waals surface area contributed by atoms with Crippen LogP contribution in [0.5, 0.6) is 5.75 Å². The van der Waals surface area contributed by atoms with Crippen LogP contribution in [0.2, 0.25) is 0 Å². The van der Waals surface area contributed by atoms with Gasteiger partial charge in [-0.25, -0.2) is 9.78 Å². The maximum atomic E-state index is 13.8. The average Bonchev–Trinajstić information content (AvgIpc) is 3.37. The molecule has 0 radical (unpaired) electrons. The van der Waals surface area contributed by atoms with Crippen molar-refractivity contribution in [1.29, 1.82) is 0 Å². The van der Waals surface area contributed by atoms with Crippen LogP contribution in [0.15, 0.2) is 29.1 Å². The van der Waals surface area contributed by atoms with Gasteiger partial charge in [-0.05, 0) is 66.9 Å². The number of ether oxygens (including phenoxy) is 1. The summed E-state index contributed by atoms with van der Waals surface area (Å²) in [6, 6.07) is 2.52. The van der Waals surface area contributed by atoms with E-state index in [2.05, 4.69) is 10.3 Å². The first-order valence-corrected chi connectivity index (χ1v) is 12.8. The number of carboxylic acid groups (broad SMARTS) is 1. The topological polar surface area (TPSA) is 123 Å². The van der Waals surface area contributed by atoms with Gasteiger partial charge in [-0.3, -0.25) is 9.69 Å². The first-order valence-electron chi connectivity index (χ1n) is 12.8. The van der Waals surface area contributed by atoms with E-state index in [1.807, 2.05) is 41.5 Å². The summed E-state index contributed by atoms with van der Waals surface area (Å²) in [5, 5.41) is 13.0. The zero-order chi connectivity index (χ0) is 28.6. The average molecular weight is 529 g/mol. The highest BCUT2D eigenvalue weighted by atomic mass is 16.7. The molecule has 10 nitrogen and oxygen atoms in total. The van der Waals surface area contributed by atoms with Crippen LogP contribution in [0.25, 0.3) is 11.3 Å². The number of methoxy groups -OCH3 is 1. The zero-order valence-corrected chi connectivity index (χ0v) is 24.0. The largest absolute Gasteiger partial charge is 0.497 e. The third-order valence-electron chi connectivity index (χ3n) is 7.07. The molecule has 2 N–H and O–H groups in total. The molecular weight excluding hydrogens is 489 g/mol. The first kappa shape index (κ1) is 29.5. The van der Waals surface area contributed by atoms with Crippen molar-refractivity contribution >= 4 is 30.3 Å². The summed E-state index contributed by atoms with van der Waals surface area (Å²) in [6.07, 6.45) is 2.07. The lowest BCUT2D eigenvalue weighted by Gasteiger charge is -2.39. The molecule has 3 rings (SSSR count). The molecule has 1 aromatic heterocycles. The van der Waals surface area contributed by atoms with Gasteiger partial charge in [-0.1, -0.05) is 13.8 Å². The number of anilines is 1. The Balaban J connectivity index is 2.13. The van der Waals surface area contributed by atoms with Crippen LogP contribution in [0.3, 0.4) is 0 Å². The van der Waals surface area contributed by atoms with Crippen molar-refractivity contribution in [3.8, 4) is 17.1 Å². The Hall–Kier alpha value is -3.05. The number of carbonyl (C=O) groups excluding carboxylic acids is 1. The molecule has 208 valence electrons. The summed E-state index contributed by atoms with van der Waals surface area (Å²) < 4.78 is 23.8. The molecule has 1 saturated heterocycles. The molecule has 2 heterocycles. The number of amides is 2. The number of hydrogen-bond acceptors (Lipinski definition) is 7. The fourth-order valence-electron chi connectivity index (χ4n) is 4.46. The van der Waals surface area contributed by atoms with Gasteiger partial charge in [0.2, 0.25) is 5.91 Å². The Morgan fingerprint density at radius 2 is 1.76 bits per heavy atom. The van der Waals surface area contributed by atoms with Gasteiger partial charge in [-0.15, -0.1) is 0 Å². The number of rotatable bonds is 8. The highest BCUT2D eigenvalue weighted by Gasteiger charge is 2.52. The first-order chi connectivity index (χ1) is 17.5. The van der Waals surface area contributed by atoms with Crippen molar-refractivity contribution in [3.63, 3.8) is 0 Å². The van der Waals surface area contributed by atoms with Gasteiger partial charge in [0.05, 0.1) is 30.1 Å². The summed E-state index contributed by atoms with van der Waals surface area (Å²) in [5.41, 5.74) is -0.513. The number of nitrogens with one attached hydrogen (secondary N) is 1. The van der Waals surface area contributed by atoms with Gasteiger partial charge < -0.3 is 28.9 Å². The minimum absolute atomic E-state index is 0.0703. The van der Waals surface area contributed by atoms with Crippen molar-refractivity contribution in [2.24, 2.45) is 5.92 Å². The molecular formula is C27H40BN3O7. The maximum Gasteiger partial charge on any atom is 0.497 e. The molecule has 38 heavy (non-hydrogen) atoms. The van der Waals surface area contributed by atoms with E-state index in [9.17, 15) is 14.7 Å². The number of hydrogen-bond donors (Lipinski definition) is 2. The molecule has 1 fully saturated rings. The minimum Gasteiger partial charge on any atom is -0.496 e. The lowest BCUT2D eigenvalue weighted by Crippen LogP contribution is -2.56. The summed E-state index contributed by atoms with van der Waals surface area (Å²) in [5.74, 6) is 0.521. The van der Waals surface area contributed by atoms with E-state index in [0.29, 0.717) is 34.6 Å². The van der Waals surface area contributed by atoms with Crippen LogP contribution in [0, 0.1) is 5.92 Å². The molecule has 2 aromatic rings. The molecule has 11 heteroatoms. The second-order valence-electron chi connectivity index (χ2n) is 12.1. The standard InChI is InChI=1S/C27H40BN3O7/c1-16(2)11-20(31(24(33)34)25(3,4)5)23(32)30-19-13-21(35-10)17(22-14-29-15-36-22)12-18(19)28-37-26(6,7)27(8,9)38-28/h12-16,20H,11H2,1-10H3,(H,30,32)(H,33,34)/t20-/m1/s1. The summed E-state index contributed by atoms with van der Waals surface area (Å²) in [7, 11) is 0.701. The van der Waals surface area contributed by atoms with Gasteiger partial charge >= 0.3 is 13.2 Å². The van der Waals surface area contributed by atoms with E-state index < -0.39 is 41.9 Å². The lowest BCUT2D eigenvalue weighted by atomic mass is 9.76. The van der Waals surface area contributed by atoms with E-state index in [1.54, 1.807) is 39.1 Å². The Bertz CT molecular complexity index is 1140. The fourth-order valence-corrected chi connectivity index (χ4v) is 4.46. The highest BCUT2D eigenvalue weighted by Crippen LogP contribution is 2.39. The van der Waals surface area contributed by atoms with E-state index in [4.69, 9.17) is 18.5 Å². The Kier molecular flexibility index (Phi) is 8.24. The summed E-state index contributed by atoms with van der Waals surface area (Å²) in [6.45, 7) is 17.0. The molecule has 1 atom stereocenters. The zero-order valence-electron chi connectivity index (χ0n) is 24.0. The van der Waals surface area contributed by atoms with Gasteiger partial charge in [-0.2, -0.15) is 0 Å². The van der Waals surface area contributed by atoms with Crippen molar-refractivity contribution in [1.82, 2.24) is 9.88 Å². The van der Waals surface area contributed by atoms with Crippen LogP contribution in [-0.4, -0.2) is 64.0 Å². The fraction of sp³-hybridized carbons (Fsp3) is 0.593. The number of carbonyl (C=O) groups is 2. The minimum atomic E-state index is -1.16. The molecule has 1 aliphatic heterocycles. The second kappa shape index (κ2) is 10.6. The quantitative estimate of drug-likeness (QED) is 0.469. The predicted molar refractivity (Wildman–Crippen MR) is 146 cm³/mol. The Labute approximate surface area is 225 Å². The molecule has 2 amide bonds. The number of nitrogens with zero attached hydrogens (tertiary/aromatic N) is 2. The monoisotopic (exact) mass is 529 g/mol. The van der Waals surface area contributed by atoms with Crippen molar-refractivity contribution in [2.75, 3.05) is 12.4 Å². The van der Waals surface area contributed by atoms with Crippen molar-refractivity contribution in [2.45, 2.75) is 91.5 Å². The molecule has 0 unspecified atom stereocenters. The molecule has 0 spiro atoms. The Morgan fingerprint density at radius 1 is 1.16 bits per heavy atom. The van der Waals surface area contributed by atoms with Crippen LogP contribution in [0.1, 0.15) is 68.7 Å². The van der Waals surface area contributed by atoms with E-state index in [1.165, 1.54) is 18.4 Å². The maximum absolute atomic E-state index is 13.8. The second-order valence-corrected chi connectivity index (χ2v) is 12.1. The van der Waals surface area contributed by atoms with Crippen LogP contribution in [0.4, 0.5) is 10.5 Å². The summed E-state index contributed by atoms with van der Waals surface area (Å²) >= 11 is 0. The summed E-state index contributed by atoms with van der Waals surface area (Å²) in [4.78, 5) is 31.3. The molecule has 1 aliphatic rings. The lowest BCUT2D eigenvalue weighted by molar-refractivity contribution is -0.123. The molecule has 1 aromatic carbocycles. The van der Waals surface area contributed by atoms with E-state index in [-0.39, 0.29) is 5.92 Å². The van der Waals surface area contributed by atoms with E-state index >= 15 is 0 Å². The van der Waals surface area contributed by atoms with Crippen molar-refractivity contribution in [3.05, 3.63) is 24.7 Å². The SMILES string of the molecule is COc1cc(NC(=O)[C@@H](CC(C)C)N(C(=O)O)C(C)(C)C)c(B2OC(C)(C)C(C)(C)O2)cc1-c1cnco1. The third-order valence-corrected chi connectivity index (χ3v) is 7.07. The highest BCUT2D eigenvalue weighted by molar-refractivity contribution is 6.64. The normalized spacial score (nSPS) is 17.4. The Morgan fingerprint density at radius 3 is 2.21 bits per heavy atom.